The SMILES string of the molecule is CN=S(C)(=O)C(C)c1ccc(C)nc1.O=C1C=C(N(Cc2ccc(Cl)nc2)CC(F)F)CC1. The van der Waals surface area contributed by atoms with Crippen LogP contribution in [0.2, 0.25) is 5.15 Å². The Kier molecular flexibility index (Phi) is 9.91. The van der Waals surface area contributed by atoms with Gasteiger partial charge in [0.15, 0.2) is 5.78 Å². The molecule has 6 nitrogen and oxygen atoms in total. The molecule has 0 amide bonds. The van der Waals surface area contributed by atoms with Crippen molar-refractivity contribution in [3.8, 4) is 0 Å². The van der Waals surface area contributed by atoms with Gasteiger partial charge in [0.1, 0.15) is 5.15 Å². The molecule has 0 radical (unpaired) electrons. The van der Waals surface area contributed by atoms with E-state index < -0.39 is 16.2 Å². The molecule has 2 atom stereocenters. The highest BCUT2D eigenvalue weighted by Crippen LogP contribution is 2.23. The van der Waals surface area contributed by atoms with E-state index in [9.17, 15) is 17.8 Å². The first kappa shape index (κ1) is 26.9. The lowest BCUT2D eigenvalue weighted by atomic mass is 10.2. The Balaban J connectivity index is 0.000000245. The monoisotopic (exact) mass is 498 g/mol. The largest absolute Gasteiger partial charge is 0.365 e. The molecule has 180 valence electrons. The van der Waals surface area contributed by atoms with Crippen molar-refractivity contribution in [3.05, 3.63) is 70.4 Å². The first-order chi connectivity index (χ1) is 15.5. The summed E-state index contributed by atoms with van der Waals surface area (Å²) in [5.74, 6) is -0.0107. The van der Waals surface area contributed by atoms with Crippen LogP contribution < -0.4 is 0 Å². The molecule has 2 unspecified atom stereocenters. The Morgan fingerprint density at radius 2 is 1.91 bits per heavy atom. The predicted octanol–water partition coefficient (Wildman–Crippen LogP) is 5.23. The number of halogens is 3. The van der Waals surface area contributed by atoms with Gasteiger partial charge in [0.05, 0.1) is 21.5 Å². The van der Waals surface area contributed by atoms with Crippen LogP contribution >= 0.6 is 11.6 Å². The average molecular weight is 499 g/mol. The number of rotatable bonds is 7. The molecule has 0 aromatic carbocycles. The van der Waals surface area contributed by atoms with Crippen LogP contribution in [0.4, 0.5) is 8.78 Å². The number of carbonyl (C=O) groups is 1. The fourth-order valence-corrected chi connectivity index (χ4v) is 4.20. The first-order valence-corrected chi connectivity index (χ1v) is 12.8. The third kappa shape index (κ3) is 8.47. The van der Waals surface area contributed by atoms with Crippen LogP contribution in [0.15, 0.2) is 52.8 Å². The Hall–Kier alpha value is -2.39. The summed E-state index contributed by atoms with van der Waals surface area (Å²) >= 11 is 5.68. The number of aromatic nitrogens is 2. The van der Waals surface area contributed by atoms with Gasteiger partial charge in [-0.05, 0) is 43.5 Å². The zero-order valence-corrected chi connectivity index (χ0v) is 20.7. The van der Waals surface area contributed by atoms with Crippen molar-refractivity contribution in [3.63, 3.8) is 0 Å². The first-order valence-electron chi connectivity index (χ1n) is 10.4. The fourth-order valence-electron chi connectivity index (χ4n) is 3.13. The van der Waals surface area contributed by atoms with Gasteiger partial charge < -0.3 is 4.90 Å². The van der Waals surface area contributed by atoms with Crippen LogP contribution in [0.5, 0.6) is 0 Å². The van der Waals surface area contributed by atoms with Gasteiger partial charge in [0, 0.05) is 56.1 Å². The summed E-state index contributed by atoms with van der Waals surface area (Å²) in [5, 5.41) is 0.292. The minimum Gasteiger partial charge on any atom is -0.365 e. The minimum absolute atomic E-state index is 0.0107. The number of allylic oxidation sites excluding steroid dienone is 2. The fraction of sp³-hybridized carbons (Fsp3) is 0.435. The molecule has 33 heavy (non-hydrogen) atoms. The molecule has 0 spiro atoms. The maximum atomic E-state index is 12.6. The lowest BCUT2D eigenvalue weighted by Crippen LogP contribution is -2.27. The summed E-state index contributed by atoms with van der Waals surface area (Å²) < 4.78 is 41.1. The highest BCUT2D eigenvalue weighted by atomic mass is 35.5. The Labute approximate surface area is 199 Å². The van der Waals surface area contributed by atoms with Gasteiger partial charge in [-0.3, -0.25) is 9.78 Å². The quantitative estimate of drug-likeness (QED) is 0.489. The Morgan fingerprint density at radius 1 is 1.18 bits per heavy atom. The molecule has 1 aliphatic carbocycles. The van der Waals surface area contributed by atoms with E-state index in [2.05, 4.69) is 14.3 Å². The van der Waals surface area contributed by atoms with Crippen molar-refractivity contribution in [2.45, 2.75) is 44.9 Å². The highest BCUT2D eigenvalue weighted by molar-refractivity contribution is 7.93. The van der Waals surface area contributed by atoms with Crippen molar-refractivity contribution in [2.24, 2.45) is 4.36 Å². The lowest BCUT2D eigenvalue weighted by Gasteiger charge is -2.25. The predicted molar refractivity (Wildman–Crippen MR) is 128 cm³/mol. The zero-order valence-electron chi connectivity index (χ0n) is 19.2. The van der Waals surface area contributed by atoms with Crippen molar-refractivity contribution in [1.82, 2.24) is 14.9 Å². The number of aryl methyl sites for hydroxylation is 1. The lowest BCUT2D eigenvalue weighted by molar-refractivity contribution is -0.114. The number of ketones is 1. The molecule has 0 N–H and O–H groups in total. The number of carbonyl (C=O) groups excluding carboxylic acids is 1. The molecular weight excluding hydrogens is 470 g/mol. The molecule has 0 fully saturated rings. The van der Waals surface area contributed by atoms with E-state index in [-0.39, 0.29) is 17.6 Å². The molecule has 0 saturated heterocycles. The minimum atomic E-state index is -2.45. The van der Waals surface area contributed by atoms with Crippen molar-refractivity contribution in [2.75, 3.05) is 19.8 Å². The van der Waals surface area contributed by atoms with E-state index in [0.29, 0.717) is 30.2 Å². The van der Waals surface area contributed by atoms with Gasteiger partial charge in [-0.1, -0.05) is 23.7 Å². The second-order valence-corrected chi connectivity index (χ2v) is 11.0. The summed E-state index contributed by atoms with van der Waals surface area (Å²) in [6, 6.07) is 7.25. The van der Waals surface area contributed by atoms with E-state index in [1.165, 1.54) is 11.0 Å². The molecule has 0 bridgehead atoms. The molecule has 10 heteroatoms. The van der Waals surface area contributed by atoms with Gasteiger partial charge in [-0.15, -0.1) is 0 Å². The van der Waals surface area contributed by atoms with Crippen LogP contribution in [-0.2, 0) is 21.1 Å². The van der Waals surface area contributed by atoms with Gasteiger partial charge >= 0.3 is 0 Å². The number of hydrogen-bond acceptors (Lipinski definition) is 6. The molecular formula is C23H29ClF2N4O2S. The smallest absolute Gasteiger partial charge is 0.255 e. The van der Waals surface area contributed by atoms with E-state index in [1.54, 1.807) is 37.8 Å². The maximum Gasteiger partial charge on any atom is 0.255 e. The van der Waals surface area contributed by atoms with Crippen LogP contribution in [0.1, 0.15) is 41.8 Å². The average Bonchev–Trinajstić information content (AvgIpc) is 3.21. The second-order valence-electron chi connectivity index (χ2n) is 7.78. The van der Waals surface area contributed by atoms with E-state index in [1.807, 2.05) is 26.0 Å². The van der Waals surface area contributed by atoms with E-state index in [4.69, 9.17) is 11.6 Å². The summed E-state index contributed by atoms with van der Waals surface area (Å²) in [7, 11) is -0.531. The Morgan fingerprint density at radius 3 is 2.39 bits per heavy atom. The molecule has 0 saturated carbocycles. The highest BCUT2D eigenvalue weighted by Gasteiger charge is 2.21. The maximum absolute atomic E-state index is 12.6. The van der Waals surface area contributed by atoms with Gasteiger partial charge in [0.2, 0.25) is 0 Å². The summed E-state index contributed by atoms with van der Waals surface area (Å²) in [6.07, 6.45) is 4.92. The van der Waals surface area contributed by atoms with Crippen LogP contribution in [0.25, 0.3) is 0 Å². The molecule has 2 heterocycles. The normalized spacial score (nSPS) is 15.9. The molecule has 2 aromatic rings. The van der Waals surface area contributed by atoms with Crippen LogP contribution in [0, 0.1) is 6.92 Å². The van der Waals surface area contributed by atoms with Crippen LogP contribution in [-0.4, -0.2) is 51.1 Å². The van der Waals surface area contributed by atoms with Crippen molar-refractivity contribution >= 4 is 27.1 Å². The topological polar surface area (TPSA) is 75.5 Å². The molecule has 3 rings (SSSR count). The van der Waals surface area contributed by atoms with Gasteiger partial charge in [-0.2, -0.15) is 0 Å². The number of hydrogen-bond donors (Lipinski definition) is 0. The number of alkyl halides is 2. The summed E-state index contributed by atoms with van der Waals surface area (Å²) in [4.78, 5) is 20.8. The third-order valence-electron chi connectivity index (χ3n) is 5.30. The van der Waals surface area contributed by atoms with Crippen molar-refractivity contribution in [1.29, 1.82) is 0 Å². The molecule has 0 aliphatic heterocycles. The molecule has 1 aliphatic rings. The summed E-state index contributed by atoms with van der Waals surface area (Å²) in [5.41, 5.74) is 3.40. The van der Waals surface area contributed by atoms with E-state index >= 15 is 0 Å². The van der Waals surface area contributed by atoms with Crippen molar-refractivity contribution < 1.29 is 17.8 Å². The Bertz CT molecular complexity index is 1080. The van der Waals surface area contributed by atoms with Gasteiger partial charge in [0.25, 0.3) is 6.43 Å². The van der Waals surface area contributed by atoms with E-state index in [0.717, 1.165) is 16.8 Å². The number of nitrogens with zero attached hydrogens (tertiary/aromatic N) is 4. The van der Waals surface area contributed by atoms with Crippen LogP contribution in [0.3, 0.4) is 0 Å². The second kappa shape index (κ2) is 12.2. The zero-order chi connectivity index (χ0) is 24.6. The third-order valence-corrected chi connectivity index (χ3v) is 7.84. The standard InChI is InChI=1S/C13H13ClF2N2O.C10H16N2OS/c14-12-4-1-9(6-17-12)7-18(8-13(15)16)10-2-3-11(19)5-10;1-8-5-6-10(7-12-8)9(2)14(4,13)11-3/h1,4-6,13H,2-3,7-8H2;5-7,9H,1-4H3. The molecule has 2 aromatic heterocycles. The summed E-state index contributed by atoms with van der Waals surface area (Å²) in [6.45, 7) is 3.76. The van der Waals surface area contributed by atoms with Gasteiger partial charge in [-0.25, -0.2) is 22.3 Å². The number of pyridine rings is 2.